The van der Waals surface area contributed by atoms with Gasteiger partial charge in [0.1, 0.15) is 0 Å². The van der Waals surface area contributed by atoms with Crippen molar-refractivity contribution in [2.45, 2.75) is 11.4 Å². The largest absolute Gasteiger partial charge is 0.494 e. The van der Waals surface area contributed by atoms with Crippen LogP contribution in [-0.2, 0) is 16.6 Å². The van der Waals surface area contributed by atoms with Crippen molar-refractivity contribution in [2.75, 3.05) is 7.11 Å². The zero-order chi connectivity index (χ0) is 15.5. The highest BCUT2D eigenvalue weighted by atomic mass is 35.5. The number of methoxy groups -OCH3 is 1. The Morgan fingerprint density at radius 2 is 1.95 bits per heavy atom. The highest BCUT2D eigenvalue weighted by molar-refractivity contribution is 7.89. The summed E-state index contributed by atoms with van der Waals surface area (Å²) in [6.07, 6.45) is 0. The molecule has 1 N–H and O–H groups in total. The Morgan fingerprint density at radius 1 is 1.24 bits per heavy atom. The van der Waals surface area contributed by atoms with Crippen LogP contribution in [0.3, 0.4) is 0 Å². The minimum Gasteiger partial charge on any atom is -0.494 e. The molecule has 0 fully saturated rings. The van der Waals surface area contributed by atoms with Gasteiger partial charge in [-0.1, -0.05) is 29.8 Å². The van der Waals surface area contributed by atoms with Crippen molar-refractivity contribution < 1.29 is 17.5 Å². The molecule has 0 saturated carbocycles. The number of benzene rings is 2. The first-order chi connectivity index (χ1) is 9.94. The molecule has 7 heteroatoms. The molecular formula is C14H13ClFNO3S. The third kappa shape index (κ3) is 3.72. The van der Waals surface area contributed by atoms with Crippen LogP contribution in [0.4, 0.5) is 4.39 Å². The van der Waals surface area contributed by atoms with E-state index in [0.29, 0.717) is 10.6 Å². The molecule has 0 atom stereocenters. The van der Waals surface area contributed by atoms with E-state index in [1.165, 1.54) is 19.2 Å². The molecule has 0 saturated heterocycles. The lowest BCUT2D eigenvalue weighted by atomic mass is 10.2. The lowest BCUT2D eigenvalue weighted by molar-refractivity contribution is 0.385. The van der Waals surface area contributed by atoms with Crippen molar-refractivity contribution in [3.05, 3.63) is 58.9 Å². The third-order valence-corrected chi connectivity index (χ3v) is 4.61. The van der Waals surface area contributed by atoms with E-state index < -0.39 is 15.8 Å². The van der Waals surface area contributed by atoms with Gasteiger partial charge in [-0.2, -0.15) is 0 Å². The van der Waals surface area contributed by atoms with E-state index in [0.717, 1.165) is 6.07 Å². The van der Waals surface area contributed by atoms with Crippen LogP contribution in [0.15, 0.2) is 47.4 Å². The topological polar surface area (TPSA) is 55.4 Å². The molecule has 0 aromatic heterocycles. The van der Waals surface area contributed by atoms with Crippen molar-refractivity contribution in [2.24, 2.45) is 0 Å². The Balaban J connectivity index is 2.19. The SMILES string of the molecule is COc1ccc(S(=O)(=O)NCc2ccccc2Cl)cc1F. The minimum absolute atomic E-state index is 0.0138. The van der Waals surface area contributed by atoms with Crippen LogP contribution < -0.4 is 9.46 Å². The standard InChI is InChI=1S/C14H13ClFNO3S/c1-20-14-7-6-11(8-13(14)16)21(18,19)17-9-10-4-2-3-5-12(10)15/h2-8,17H,9H2,1H3. The van der Waals surface area contributed by atoms with Gasteiger partial charge in [0, 0.05) is 11.6 Å². The zero-order valence-electron chi connectivity index (χ0n) is 11.1. The lowest BCUT2D eigenvalue weighted by Crippen LogP contribution is -2.23. The van der Waals surface area contributed by atoms with E-state index in [4.69, 9.17) is 16.3 Å². The summed E-state index contributed by atoms with van der Waals surface area (Å²) in [6, 6.07) is 10.3. The summed E-state index contributed by atoms with van der Waals surface area (Å²) in [5.74, 6) is -0.752. The van der Waals surface area contributed by atoms with E-state index >= 15 is 0 Å². The minimum atomic E-state index is -3.83. The molecule has 0 aliphatic heterocycles. The van der Waals surface area contributed by atoms with Crippen molar-refractivity contribution in [1.29, 1.82) is 0 Å². The van der Waals surface area contributed by atoms with E-state index in [9.17, 15) is 12.8 Å². The molecule has 4 nitrogen and oxygen atoms in total. The van der Waals surface area contributed by atoms with Gasteiger partial charge in [0.25, 0.3) is 0 Å². The maximum Gasteiger partial charge on any atom is 0.240 e. The van der Waals surface area contributed by atoms with E-state index in [2.05, 4.69) is 4.72 Å². The number of rotatable bonds is 5. The summed E-state index contributed by atoms with van der Waals surface area (Å²) in [5.41, 5.74) is 0.636. The van der Waals surface area contributed by atoms with Crippen LogP contribution in [-0.4, -0.2) is 15.5 Å². The molecule has 0 spiro atoms. The maximum atomic E-state index is 13.6. The predicted molar refractivity (Wildman–Crippen MR) is 78.4 cm³/mol. The Hall–Kier alpha value is -1.63. The van der Waals surface area contributed by atoms with Crippen LogP contribution in [0.1, 0.15) is 5.56 Å². The Bertz CT molecular complexity index is 750. The maximum absolute atomic E-state index is 13.6. The quantitative estimate of drug-likeness (QED) is 0.917. The fourth-order valence-electron chi connectivity index (χ4n) is 1.71. The van der Waals surface area contributed by atoms with Crippen molar-refractivity contribution in [3.8, 4) is 5.75 Å². The predicted octanol–water partition coefficient (Wildman–Crippen LogP) is 2.97. The first kappa shape index (κ1) is 15.8. The first-order valence-electron chi connectivity index (χ1n) is 6.00. The molecule has 0 amide bonds. The van der Waals surface area contributed by atoms with Crippen molar-refractivity contribution in [1.82, 2.24) is 4.72 Å². The number of nitrogens with one attached hydrogen (secondary N) is 1. The molecule has 2 aromatic rings. The first-order valence-corrected chi connectivity index (χ1v) is 7.87. The van der Waals surface area contributed by atoms with E-state index in [1.807, 2.05) is 0 Å². The smallest absolute Gasteiger partial charge is 0.240 e. The number of hydrogen-bond acceptors (Lipinski definition) is 3. The van der Waals surface area contributed by atoms with Gasteiger partial charge in [-0.05, 0) is 29.8 Å². The molecule has 112 valence electrons. The summed E-state index contributed by atoms with van der Waals surface area (Å²) in [6.45, 7) is 0.0235. The molecule has 0 aliphatic rings. The van der Waals surface area contributed by atoms with E-state index in [1.54, 1.807) is 24.3 Å². The molecule has 0 radical (unpaired) electrons. The average Bonchev–Trinajstić information content (AvgIpc) is 2.46. The van der Waals surface area contributed by atoms with Gasteiger partial charge in [0.2, 0.25) is 10.0 Å². The summed E-state index contributed by atoms with van der Waals surface area (Å²) < 4.78 is 44.9. The van der Waals surface area contributed by atoms with Gasteiger partial charge in [-0.15, -0.1) is 0 Å². The van der Waals surface area contributed by atoms with Gasteiger partial charge in [0.05, 0.1) is 12.0 Å². The second-order valence-corrected chi connectivity index (χ2v) is 6.39. The summed E-state index contributed by atoms with van der Waals surface area (Å²) in [5, 5.41) is 0.459. The monoisotopic (exact) mass is 329 g/mol. The van der Waals surface area contributed by atoms with Crippen LogP contribution in [0.2, 0.25) is 5.02 Å². The summed E-state index contributed by atoms with van der Waals surface area (Å²) in [4.78, 5) is -0.173. The molecule has 2 aromatic carbocycles. The van der Waals surface area contributed by atoms with Gasteiger partial charge >= 0.3 is 0 Å². The number of halogens is 2. The Morgan fingerprint density at radius 3 is 2.57 bits per heavy atom. The van der Waals surface area contributed by atoms with Gasteiger partial charge in [0.15, 0.2) is 11.6 Å². The highest BCUT2D eigenvalue weighted by Crippen LogP contribution is 2.21. The van der Waals surface area contributed by atoms with Crippen LogP contribution >= 0.6 is 11.6 Å². The molecule has 0 unspecified atom stereocenters. The normalized spacial score (nSPS) is 11.4. The fourth-order valence-corrected chi connectivity index (χ4v) is 2.93. The molecular weight excluding hydrogens is 317 g/mol. The molecule has 2 rings (SSSR count). The molecule has 0 aliphatic carbocycles. The van der Waals surface area contributed by atoms with Gasteiger partial charge < -0.3 is 4.74 Å². The Labute approximate surface area is 127 Å². The Kier molecular flexibility index (Phi) is 4.82. The van der Waals surface area contributed by atoms with Crippen LogP contribution in [0.25, 0.3) is 0 Å². The van der Waals surface area contributed by atoms with Crippen molar-refractivity contribution >= 4 is 21.6 Å². The molecule has 0 bridgehead atoms. The summed E-state index contributed by atoms with van der Waals surface area (Å²) in [7, 11) is -2.52. The van der Waals surface area contributed by atoms with Gasteiger partial charge in [-0.3, -0.25) is 0 Å². The second-order valence-electron chi connectivity index (χ2n) is 4.21. The lowest BCUT2D eigenvalue weighted by Gasteiger charge is -2.09. The van der Waals surface area contributed by atoms with E-state index in [-0.39, 0.29) is 17.2 Å². The highest BCUT2D eigenvalue weighted by Gasteiger charge is 2.16. The number of hydrogen-bond donors (Lipinski definition) is 1. The third-order valence-electron chi connectivity index (χ3n) is 2.84. The molecule has 21 heavy (non-hydrogen) atoms. The zero-order valence-corrected chi connectivity index (χ0v) is 12.7. The number of sulfonamides is 1. The van der Waals surface area contributed by atoms with Crippen molar-refractivity contribution in [3.63, 3.8) is 0 Å². The summed E-state index contributed by atoms with van der Waals surface area (Å²) >= 11 is 5.95. The van der Waals surface area contributed by atoms with Gasteiger partial charge in [-0.25, -0.2) is 17.5 Å². The number of ether oxygens (including phenoxy) is 1. The fraction of sp³-hybridized carbons (Fsp3) is 0.143. The molecule has 0 heterocycles. The average molecular weight is 330 g/mol. The second kappa shape index (κ2) is 6.43. The van der Waals surface area contributed by atoms with Crippen LogP contribution in [0, 0.1) is 5.82 Å². The van der Waals surface area contributed by atoms with Crippen LogP contribution in [0.5, 0.6) is 5.75 Å².